The summed E-state index contributed by atoms with van der Waals surface area (Å²) in [7, 11) is -3.89. The second-order valence-corrected chi connectivity index (χ2v) is 6.23. The Labute approximate surface area is 123 Å². The van der Waals surface area contributed by atoms with E-state index in [0.29, 0.717) is 13.0 Å². The average molecular weight is 317 g/mol. The van der Waals surface area contributed by atoms with Gasteiger partial charge in [-0.15, -0.1) is 0 Å². The quantitative estimate of drug-likeness (QED) is 0.654. The molecular weight excluding hydrogens is 298 g/mol. The third kappa shape index (κ3) is 4.69. The molecule has 0 spiro atoms. The number of nitrogens with one attached hydrogen (secondary N) is 1. The number of carboxylic acid groups (broad SMARTS) is 1. The highest BCUT2D eigenvalue weighted by molar-refractivity contribution is 7.89. The van der Waals surface area contributed by atoms with Gasteiger partial charge in [-0.05, 0) is 31.5 Å². The lowest BCUT2D eigenvalue weighted by Crippen LogP contribution is -2.35. The van der Waals surface area contributed by atoms with E-state index in [1.165, 1.54) is 19.1 Å². The van der Waals surface area contributed by atoms with Gasteiger partial charge in [0.1, 0.15) is 11.3 Å². The van der Waals surface area contributed by atoms with Crippen LogP contribution >= 0.6 is 0 Å². The van der Waals surface area contributed by atoms with Crippen molar-refractivity contribution in [3.8, 4) is 5.75 Å². The number of carbonyl (C=O) groups is 1. The van der Waals surface area contributed by atoms with Gasteiger partial charge in [-0.25, -0.2) is 17.9 Å². The predicted molar refractivity (Wildman–Crippen MR) is 76.1 cm³/mol. The van der Waals surface area contributed by atoms with E-state index in [0.717, 1.165) is 6.07 Å². The third-order valence-corrected chi connectivity index (χ3v) is 4.17. The van der Waals surface area contributed by atoms with Crippen molar-refractivity contribution in [2.45, 2.75) is 31.2 Å². The number of aliphatic hydroxyl groups is 1. The zero-order valence-corrected chi connectivity index (χ0v) is 12.7. The summed E-state index contributed by atoms with van der Waals surface area (Å²) in [6.45, 7) is 3.35. The van der Waals surface area contributed by atoms with Gasteiger partial charge in [0.25, 0.3) is 0 Å². The van der Waals surface area contributed by atoms with Crippen molar-refractivity contribution in [1.82, 2.24) is 4.72 Å². The molecule has 0 unspecified atom stereocenters. The number of hydrogen-bond donors (Lipinski definition) is 3. The number of ether oxygens (including phenoxy) is 1. The summed E-state index contributed by atoms with van der Waals surface area (Å²) in [5.41, 5.74) is -0.219. The van der Waals surface area contributed by atoms with Crippen molar-refractivity contribution in [2.24, 2.45) is 0 Å². The molecule has 8 heteroatoms. The van der Waals surface area contributed by atoms with Crippen LogP contribution in [0.5, 0.6) is 5.75 Å². The average Bonchev–Trinajstić information content (AvgIpc) is 2.44. The Kier molecular flexibility index (Phi) is 6.13. The van der Waals surface area contributed by atoms with E-state index in [2.05, 4.69) is 4.72 Å². The highest BCUT2D eigenvalue weighted by atomic mass is 32.2. The number of aromatic carboxylic acids is 1. The monoisotopic (exact) mass is 317 g/mol. The Balaban J connectivity index is 3.16. The maximum Gasteiger partial charge on any atom is 0.339 e. The Morgan fingerprint density at radius 3 is 2.62 bits per heavy atom. The van der Waals surface area contributed by atoms with Gasteiger partial charge in [0, 0.05) is 6.04 Å². The second kappa shape index (κ2) is 7.39. The van der Waals surface area contributed by atoms with Crippen molar-refractivity contribution < 1.29 is 28.2 Å². The minimum Gasteiger partial charge on any atom is -0.493 e. The Morgan fingerprint density at radius 2 is 2.10 bits per heavy atom. The number of rotatable bonds is 8. The van der Waals surface area contributed by atoms with Crippen LogP contribution in [0.25, 0.3) is 0 Å². The standard InChI is InChI=1S/C13H19NO6S/c1-3-6-20-12-5-4-10(7-11(12)13(16)17)21(18,19)14-9(2)8-15/h4-5,7,9,14-15H,3,6,8H2,1-2H3,(H,16,17)/t9-/m1/s1. The van der Waals surface area contributed by atoms with Crippen LogP contribution < -0.4 is 9.46 Å². The smallest absolute Gasteiger partial charge is 0.339 e. The van der Waals surface area contributed by atoms with E-state index in [1.807, 2.05) is 6.92 Å². The third-order valence-electron chi connectivity index (χ3n) is 2.58. The summed E-state index contributed by atoms with van der Waals surface area (Å²) in [5.74, 6) is -1.15. The fourth-order valence-electron chi connectivity index (χ4n) is 1.55. The summed E-state index contributed by atoms with van der Waals surface area (Å²) in [6, 6.07) is 2.96. The number of hydrogen-bond acceptors (Lipinski definition) is 5. The molecule has 21 heavy (non-hydrogen) atoms. The van der Waals surface area contributed by atoms with Crippen LogP contribution in [0.3, 0.4) is 0 Å². The van der Waals surface area contributed by atoms with Crippen LogP contribution in [0.2, 0.25) is 0 Å². The number of benzene rings is 1. The molecule has 1 aromatic carbocycles. The van der Waals surface area contributed by atoms with Crippen LogP contribution in [0.4, 0.5) is 0 Å². The first kappa shape index (κ1) is 17.4. The van der Waals surface area contributed by atoms with Crippen LogP contribution in [-0.4, -0.2) is 43.9 Å². The van der Waals surface area contributed by atoms with E-state index in [4.69, 9.17) is 14.9 Å². The van der Waals surface area contributed by atoms with Crippen molar-refractivity contribution in [3.63, 3.8) is 0 Å². The molecule has 0 saturated carbocycles. The van der Waals surface area contributed by atoms with Gasteiger partial charge in [0.05, 0.1) is 18.1 Å². The fraction of sp³-hybridized carbons (Fsp3) is 0.462. The molecule has 0 radical (unpaired) electrons. The number of aliphatic hydroxyl groups excluding tert-OH is 1. The van der Waals surface area contributed by atoms with Gasteiger partial charge >= 0.3 is 5.97 Å². The number of carboxylic acids is 1. The molecule has 1 rings (SSSR count). The molecule has 0 aliphatic rings. The molecule has 118 valence electrons. The lowest BCUT2D eigenvalue weighted by Gasteiger charge is -2.13. The van der Waals surface area contributed by atoms with Crippen LogP contribution in [0.1, 0.15) is 30.6 Å². The molecule has 0 bridgehead atoms. The lowest BCUT2D eigenvalue weighted by atomic mass is 10.2. The molecular formula is C13H19NO6S. The molecule has 3 N–H and O–H groups in total. The van der Waals surface area contributed by atoms with Gasteiger partial charge in [-0.3, -0.25) is 0 Å². The van der Waals surface area contributed by atoms with Crippen LogP contribution in [0.15, 0.2) is 23.1 Å². The minimum atomic E-state index is -3.89. The van der Waals surface area contributed by atoms with E-state index in [9.17, 15) is 13.2 Å². The summed E-state index contributed by atoms with van der Waals surface area (Å²) in [6.07, 6.45) is 0.703. The van der Waals surface area contributed by atoms with Crippen molar-refractivity contribution in [3.05, 3.63) is 23.8 Å². The SMILES string of the molecule is CCCOc1ccc(S(=O)(=O)N[C@H](C)CO)cc1C(=O)O. The fourth-order valence-corrected chi connectivity index (χ4v) is 2.81. The van der Waals surface area contributed by atoms with Crippen molar-refractivity contribution in [2.75, 3.05) is 13.2 Å². The predicted octanol–water partition coefficient (Wildman–Crippen LogP) is 0.833. The second-order valence-electron chi connectivity index (χ2n) is 4.52. The zero-order chi connectivity index (χ0) is 16.0. The lowest BCUT2D eigenvalue weighted by molar-refractivity contribution is 0.0692. The molecule has 0 heterocycles. The van der Waals surface area contributed by atoms with Gasteiger partial charge in [0.15, 0.2) is 0 Å². The molecule has 1 aromatic rings. The molecule has 0 saturated heterocycles. The van der Waals surface area contributed by atoms with Crippen LogP contribution in [0, 0.1) is 0 Å². The van der Waals surface area contributed by atoms with Gasteiger partial charge < -0.3 is 14.9 Å². The van der Waals surface area contributed by atoms with E-state index in [1.54, 1.807) is 0 Å². The summed E-state index contributed by atoms with van der Waals surface area (Å²) >= 11 is 0. The summed E-state index contributed by atoms with van der Waals surface area (Å²) < 4.78 is 31.6. The first-order valence-electron chi connectivity index (χ1n) is 6.45. The zero-order valence-electron chi connectivity index (χ0n) is 11.9. The molecule has 0 fully saturated rings. The molecule has 0 aliphatic heterocycles. The van der Waals surface area contributed by atoms with Crippen LogP contribution in [-0.2, 0) is 10.0 Å². The highest BCUT2D eigenvalue weighted by Crippen LogP contribution is 2.23. The normalized spacial score (nSPS) is 12.9. The largest absolute Gasteiger partial charge is 0.493 e. The number of sulfonamides is 1. The molecule has 1 atom stereocenters. The summed E-state index contributed by atoms with van der Waals surface area (Å²) in [5, 5.41) is 18.0. The summed E-state index contributed by atoms with van der Waals surface area (Å²) in [4.78, 5) is 11.0. The maximum atomic E-state index is 12.0. The van der Waals surface area contributed by atoms with E-state index >= 15 is 0 Å². The Bertz CT molecular complexity index is 599. The van der Waals surface area contributed by atoms with E-state index < -0.39 is 22.0 Å². The first-order valence-corrected chi connectivity index (χ1v) is 7.93. The molecule has 0 aromatic heterocycles. The molecule has 0 aliphatic carbocycles. The van der Waals surface area contributed by atoms with Gasteiger partial charge in [-0.1, -0.05) is 6.92 Å². The molecule has 0 amide bonds. The minimum absolute atomic E-state index is 0.124. The van der Waals surface area contributed by atoms with Gasteiger partial charge in [0.2, 0.25) is 10.0 Å². The van der Waals surface area contributed by atoms with Crippen molar-refractivity contribution >= 4 is 16.0 Å². The van der Waals surface area contributed by atoms with Gasteiger partial charge in [-0.2, -0.15) is 0 Å². The topological polar surface area (TPSA) is 113 Å². The molecule has 7 nitrogen and oxygen atoms in total. The van der Waals surface area contributed by atoms with E-state index in [-0.39, 0.29) is 22.8 Å². The Morgan fingerprint density at radius 1 is 1.43 bits per heavy atom. The highest BCUT2D eigenvalue weighted by Gasteiger charge is 2.21. The van der Waals surface area contributed by atoms with Crippen molar-refractivity contribution in [1.29, 1.82) is 0 Å². The first-order chi connectivity index (χ1) is 9.81. The Hall–Kier alpha value is -1.64. The maximum absolute atomic E-state index is 12.0.